The molecule has 1 amide bonds. The van der Waals surface area contributed by atoms with Gasteiger partial charge >= 0.3 is 0 Å². The van der Waals surface area contributed by atoms with Crippen molar-refractivity contribution in [3.05, 3.63) is 60.5 Å². The molecule has 1 aliphatic rings. The minimum Gasteiger partial charge on any atom is -0.464 e. The van der Waals surface area contributed by atoms with Crippen LogP contribution in [-0.2, 0) is 11.3 Å². The van der Waals surface area contributed by atoms with Gasteiger partial charge in [-0.15, -0.1) is 0 Å². The lowest BCUT2D eigenvalue weighted by atomic mass is 9.96. The predicted octanol–water partition coefficient (Wildman–Crippen LogP) is 4.96. The molecule has 30 heavy (non-hydrogen) atoms. The molecule has 3 heterocycles. The third-order valence-corrected chi connectivity index (χ3v) is 5.69. The quantitative estimate of drug-likeness (QED) is 0.650. The van der Waals surface area contributed by atoms with E-state index in [1.54, 1.807) is 12.5 Å². The molecule has 0 radical (unpaired) electrons. The Morgan fingerprint density at radius 3 is 2.60 bits per heavy atom. The van der Waals surface area contributed by atoms with Gasteiger partial charge in [-0.05, 0) is 30.5 Å². The third kappa shape index (κ3) is 4.49. The number of carbonyl (C=O) groups is 1. The molecule has 2 aromatic heterocycles. The van der Waals surface area contributed by atoms with Gasteiger partial charge in [0.15, 0.2) is 0 Å². The van der Waals surface area contributed by atoms with Gasteiger partial charge in [0.25, 0.3) is 0 Å². The zero-order valence-corrected chi connectivity index (χ0v) is 18.0. The molecule has 1 saturated heterocycles. The maximum absolute atomic E-state index is 12.4. The molecule has 0 aliphatic carbocycles. The molecule has 1 aromatic carbocycles. The molecule has 4 rings (SSSR count). The minimum absolute atomic E-state index is 0.0104. The zero-order valence-electron chi connectivity index (χ0n) is 18.0. The van der Waals surface area contributed by atoms with Crippen LogP contribution in [0.2, 0.25) is 0 Å². The zero-order chi connectivity index (χ0) is 21.1. The van der Waals surface area contributed by atoms with Crippen molar-refractivity contribution in [2.75, 3.05) is 18.4 Å². The average Bonchev–Trinajstić information content (AvgIpc) is 3.41. The van der Waals surface area contributed by atoms with Gasteiger partial charge in [-0.3, -0.25) is 9.69 Å². The van der Waals surface area contributed by atoms with Gasteiger partial charge in [0, 0.05) is 36.7 Å². The van der Waals surface area contributed by atoms with Gasteiger partial charge in [-0.25, -0.2) is 4.68 Å². The molecule has 3 aromatic rings. The highest BCUT2D eigenvalue weighted by Crippen LogP contribution is 2.29. The van der Waals surface area contributed by atoms with Crippen molar-refractivity contribution in [1.29, 1.82) is 0 Å². The monoisotopic (exact) mass is 406 g/mol. The van der Waals surface area contributed by atoms with E-state index in [1.165, 1.54) is 5.56 Å². The largest absolute Gasteiger partial charge is 0.464 e. The minimum atomic E-state index is -0.431. The maximum atomic E-state index is 12.4. The number of nitrogens with one attached hydrogen (secondary N) is 1. The van der Waals surface area contributed by atoms with Crippen LogP contribution >= 0.6 is 0 Å². The first kappa shape index (κ1) is 20.4. The van der Waals surface area contributed by atoms with Crippen LogP contribution < -0.4 is 5.32 Å². The second-order valence-electron chi connectivity index (χ2n) is 9.01. The standard InChI is InChI=1S/C24H30N4O2/c1-24(2,3)23(29)26-22-10-13-25-28(22)19-11-14-27(15-12-19)17-18-7-4-5-8-20(18)21-9-6-16-30-21/h4-10,13,16,19H,11-12,14-15,17H2,1-3H3,(H,26,29). The van der Waals surface area contributed by atoms with Crippen molar-refractivity contribution in [3.63, 3.8) is 0 Å². The second-order valence-corrected chi connectivity index (χ2v) is 9.01. The van der Waals surface area contributed by atoms with E-state index >= 15 is 0 Å². The van der Waals surface area contributed by atoms with Gasteiger partial charge in [0.05, 0.1) is 18.5 Å². The number of likely N-dealkylation sites (tertiary alicyclic amines) is 1. The van der Waals surface area contributed by atoms with Crippen LogP contribution in [0, 0.1) is 5.41 Å². The number of piperidine rings is 1. The van der Waals surface area contributed by atoms with E-state index in [0.717, 1.165) is 49.6 Å². The number of anilines is 1. The lowest BCUT2D eigenvalue weighted by Gasteiger charge is -2.33. The molecule has 6 nitrogen and oxygen atoms in total. The molecule has 0 atom stereocenters. The Morgan fingerprint density at radius 1 is 1.13 bits per heavy atom. The Labute approximate surface area is 177 Å². The van der Waals surface area contributed by atoms with E-state index in [4.69, 9.17) is 4.42 Å². The Bertz CT molecular complexity index is 977. The van der Waals surface area contributed by atoms with Crippen LogP contribution in [0.25, 0.3) is 11.3 Å². The summed E-state index contributed by atoms with van der Waals surface area (Å²) < 4.78 is 7.60. The summed E-state index contributed by atoms with van der Waals surface area (Å²) in [5.41, 5.74) is 2.01. The van der Waals surface area contributed by atoms with Crippen molar-refractivity contribution in [3.8, 4) is 11.3 Å². The van der Waals surface area contributed by atoms with Crippen LogP contribution in [0.3, 0.4) is 0 Å². The first-order chi connectivity index (χ1) is 14.4. The highest BCUT2D eigenvalue weighted by atomic mass is 16.3. The van der Waals surface area contributed by atoms with E-state index in [2.05, 4.69) is 39.6 Å². The fourth-order valence-corrected chi connectivity index (χ4v) is 3.90. The van der Waals surface area contributed by atoms with Crippen LogP contribution in [0.5, 0.6) is 0 Å². The number of hydrogen-bond acceptors (Lipinski definition) is 4. The Morgan fingerprint density at radius 2 is 1.90 bits per heavy atom. The average molecular weight is 407 g/mol. The molecular weight excluding hydrogens is 376 g/mol. The smallest absolute Gasteiger partial charge is 0.230 e. The predicted molar refractivity (Wildman–Crippen MR) is 118 cm³/mol. The molecular formula is C24H30N4O2. The molecule has 0 bridgehead atoms. The van der Waals surface area contributed by atoms with Crippen molar-refractivity contribution in [2.24, 2.45) is 5.41 Å². The molecule has 1 fully saturated rings. The molecule has 0 spiro atoms. The summed E-state index contributed by atoms with van der Waals surface area (Å²) in [5, 5.41) is 7.54. The van der Waals surface area contributed by atoms with Crippen LogP contribution in [-0.4, -0.2) is 33.7 Å². The van der Waals surface area contributed by atoms with Gasteiger partial charge in [-0.1, -0.05) is 45.0 Å². The van der Waals surface area contributed by atoms with Crippen LogP contribution in [0.1, 0.15) is 45.2 Å². The van der Waals surface area contributed by atoms with Crippen molar-refractivity contribution in [2.45, 2.75) is 46.2 Å². The summed E-state index contributed by atoms with van der Waals surface area (Å²) in [7, 11) is 0. The molecule has 1 N–H and O–H groups in total. The van der Waals surface area contributed by atoms with E-state index in [9.17, 15) is 4.79 Å². The number of benzene rings is 1. The molecule has 158 valence electrons. The topological polar surface area (TPSA) is 63.3 Å². The lowest BCUT2D eigenvalue weighted by Crippen LogP contribution is -2.35. The Hall–Kier alpha value is -2.86. The number of nitrogens with zero attached hydrogens (tertiary/aromatic N) is 3. The normalized spacial score (nSPS) is 16.0. The van der Waals surface area contributed by atoms with E-state index in [0.29, 0.717) is 6.04 Å². The Balaban J connectivity index is 1.39. The van der Waals surface area contributed by atoms with Gasteiger partial charge < -0.3 is 9.73 Å². The summed E-state index contributed by atoms with van der Waals surface area (Å²) in [6.07, 6.45) is 5.49. The first-order valence-electron chi connectivity index (χ1n) is 10.6. The van der Waals surface area contributed by atoms with Crippen LogP contribution in [0.4, 0.5) is 5.82 Å². The summed E-state index contributed by atoms with van der Waals surface area (Å²) in [4.78, 5) is 14.9. The number of amides is 1. The van der Waals surface area contributed by atoms with E-state index in [-0.39, 0.29) is 5.91 Å². The summed E-state index contributed by atoms with van der Waals surface area (Å²) in [5.74, 6) is 1.71. The lowest BCUT2D eigenvalue weighted by molar-refractivity contribution is -0.123. The summed E-state index contributed by atoms with van der Waals surface area (Å²) in [6, 6.07) is 14.6. The van der Waals surface area contributed by atoms with Gasteiger partial charge in [-0.2, -0.15) is 5.10 Å². The van der Waals surface area contributed by atoms with Gasteiger partial charge in [0.1, 0.15) is 11.6 Å². The van der Waals surface area contributed by atoms with Crippen molar-refractivity contribution in [1.82, 2.24) is 14.7 Å². The highest BCUT2D eigenvalue weighted by molar-refractivity contribution is 5.93. The number of hydrogen-bond donors (Lipinski definition) is 1. The fraction of sp³-hybridized carbons (Fsp3) is 0.417. The highest BCUT2D eigenvalue weighted by Gasteiger charge is 2.26. The van der Waals surface area contributed by atoms with Crippen LogP contribution in [0.15, 0.2) is 59.3 Å². The van der Waals surface area contributed by atoms with Gasteiger partial charge in [0.2, 0.25) is 5.91 Å². The number of furan rings is 1. The molecule has 0 unspecified atom stereocenters. The number of carbonyl (C=O) groups excluding carboxylic acids is 1. The van der Waals surface area contributed by atoms with Crippen molar-refractivity contribution < 1.29 is 9.21 Å². The first-order valence-corrected chi connectivity index (χ1v) is 10.6. The summed E-state index contributed by atoms with van der Waals surface area (Å²) in [6.45, 7) is 8.63. The summed E-state index contributed by atoms with van der Waals surface area (Å²) >= 11 is 0. The molecule has 0 saturated carbocycles. The van der Waals surface area contributed by atoms with E-state index in [1.807, 2.05) is 43.7 Å². The fourth-order valence-electron chi connectivity index (χ4n) is 3.90. The maximum Gasteiger partial charge on any atom is 0.230 e. The SMILES string of the molecule is CC(C)(C)C(=O)Nc1ccnn1C1CCN(Cc2ccccc2-c2ccco2)CC1. The van der Waals surface area contributed by atoms with E-state index < -0.39 is 5.41 Å². The number of rotatable bonds is 5. The number of aromatic nitrogens is 2. The Kier molecular flexibility index (Phi) is 5.77. The third-order valence-electron chi connectivity index (χ3n) is 5.69. The van der Waals surface area contributed by atoms with Crippen molar-refractivity contribution >= 4 is 11.7 Å². The second kappa shape index (κ2) is 8.48. The molecule has 6 heteroatoms. The molecule has 1 aliphatic heterocycles.